The molecule has 64 heavy (non-hydrogen) atoms. The van der Waals surface area contributed by atoms with Crippen molar-refractivity contribution in [2.45, 2.75) is 36.7 Å². The van der Waals surface area contributed by atoms with Crippen LogP contribution < -0.4 is 9.64 Å². The Morgan fingerprint density at radius 2 is 1.08 bits per heavy atom. The van der Waals surface area contributed by atoms with Crippen molar-refractivity contribution in [1.29, 1.82) is 0 Å². The van der Waals surface area contributed by atoms with Gasteiger partial charge in [-0.05, 0) is 123 Å². The molecule has 9 aromatic rings. The van der Waals surface area contributed by atoms with Gasteiger partial charge in [0.25, 0.3) is 0 Å². The van der Waals surface area contributed by atoms with E-state index in [1.165, 1.54) is 88.8 Å². The Hall–Kier alpha value is -7.68. The second-order valence-corrected chi connectivity index (χ2v) is 18.2. The summed E-state index contributed by atoms with van der Waals surface area (Å²) in [4.78, 5) is 2.49. The largest absolute Gasteiger partial charge is 0.484 e. The van der Waals surface area contributed by atoms with Crippen LogP contribution in [0.2, 0.25) is 0 Å². The predicted octanol–water partition coefficient (Wildman–Crippen LogP) is 15.4. The maximum absolute atomic E-state index is 6.71. The van der Waals surface area contributed by atoms with E-state index in [0.29, 0.717) is 0 Å². The third kappa shape index (κ3) is 5.52. The normalized spacial score (nSPS) is 18.1. The van der Waals surface area contributed by atoms with Crippen LogP contribution in [0.25, 0.3) is 49.7 Å². The van der Waals surface area contributed by atoms with Crippen molar-refractivity contribution in [2.75, 3.05) is 4.90 Å². The van der Waals surface area contributed by atoms with Crippen molar-refractivity contribution in [1.82, 2.24) is 0 Å². The lowest BCUT2D eigenvalue weighted by atomic mass is 9.72. The first-order valence-electron chi connectivity index (χ1n) is 22.6. The third-order valence-electron chi connectivity index (χ3n) is 14.8. The van der Waals surface area contributed by atoms with Crippen molar-refractivity contribution >= 4 is 33.4 Å². The molecule has 2 heteroatoms. The Bertz CT molecular complexity index is 3340. The fourth-order valence-electron chi connectivity index (χ4n) is 11.6. The molecule has 4 aliphatic rings. The minimum atomic E-state index is -0.339. The minimum Gasteiger partial charge on any atom is -0.484 e. The molecule has 1 spiro atoms. The van der Waals surface area contributed by atoms with Crippen molar-refractivity contribution in [3.05, 3.63) is 258 Å². The number of hydrogen-bond donors (Lipinski definition) is 0. The Morgan fingerprint density at radius 1 is 0.500 bits per heavy atom. The molecule has 0 N–H and O–H groups in total. The number of allylic oxidation sites excluding steroid dienone is 2. The Balaban J connectivity index is 0.913. The highest BCUT2D eigenvalue weighted by molar-refractivity contribution is 5.98. The van der Waals surface area contributed by atoms with Crippen LogP contribution in [0.1, 0.15) is 40.3 Å². The van der Waals surface area contributed by atoms with Gasteiger partial charge in [-0.2, -0.15) is 0 Å². The van der Waals surface area contributed by atoms with Gasteiger partial charge >= 0.3 is 0 Å². The highest BCUT2D eigenvalue weighted by Gasteiger charge is 2.48. The molecule has 0 saturated heterocycles. The molecule has 13 rings (SSSR count). The van der Waals surface area contributed by atoms with Gasteiger partial charge in [-0.1, -0.05) is 188 Å². The number of fused-ring (bicyclic) bond motifs is 10. The standard InChI is InChI=1S/C62H45NO/c1-61(38-12-21-53-52-18-7-9-25-58(52)64-60(53)61)47-32-36-49(37-33-47)63(48-34-30-42(31-35-48)41-26-28-44(29-27-41)51-20-10-16-43-13-4-5-17-50(43)51)57-24-11-23-56-59(57)54-19-6-8-22-55(54)62(56)39-45-14-2-3-15-46(45)40-62/h2-38,60H,39-40H2,1H3. The van der Waals surface area contributed by atoms with Crippen molar-refractivity contribution in [2.24, 2.45) is 0 Å². The molecule has 304 valence electrons. The lowest BCUT2D eigenvalue weighted by Crippen LogP contribution is -2.39. The van der Waals surface area contributed by atoms with Crippen LogP contribution in [0, 0.1) is 0 Å². The highest BCUT2D eigenvalue weighted by atomic mass is 16.5. The highest BCUT2D eigenvalue weighted by Crippen LogP contribution is 2.59. The average Bonchev–Trinajstić information content (AvgIpc) is 4.03. The Labute approximate surface area is 375 Å². The average molecular weight is 820 g/mol. The van der Waals surface area contributed by atoms with E-state index in [-0.39, 0.29) is 16.9 Å². The van der Waals surface area contributed by atoms with Crippen LogP contribution in [-0.4, -0.2) is 6.10 Å². The molecule has 0 fully saturated rings. The zero-order valence-electron chi connectivity index (χ0n) is 35.7. The zero-order valence-corrected chi connectivity index (χ0v) is 35.7. The Kier molecular flexibility index (Phi) is 8.18. The van der Waals surface area contributed by atoms with Crippen molar-refractivity contribution in [3.8, 4) is 39.1 Å². The lowest BCUT2D eigenvalue weighted by molar-refractivity contribution is 0.208. The first-order valence-corrected chi connectivity index (χ1v) is 22.6. The summed E-state index contributed by atoms with van der Waals surface area (Å²) in [6, 6.07) is 76.4. The number of para-hydroxylation sites is 1. The van der Waals surface area contributed by atoms with Crippen LogP contribution >= 0.6 is 0 Å². The summed E-state index contributed by atoms with van der Waals surface area (Å²) in [5.74, 6) is 0.960. The van der Waals surface area contributed by atoms with Crippen molar-refractivity contribution in [3.63, 3.8) is 0 Å². The molecule has 0 radical (unpaired) electrons. The SMILES string of the molecule is CC1(c2ccc(N(c3ccc(-c4ccc(-c5cccc6ccccc56)cc4)cc3)c3cccc4c3-c3ccccc3C43Cc4ccccc4C3)cc2)C=CC=C2c3ccccc3OC21. The van der Waals surface area contributed by atoms with Gasteiger partial charge in [-0.15, -0.1) is 0 Å². The molecular formula is C62H45NO. The summed E-state index contributed by atoms with van der Waals surface area (Å²) in [5.41, 5.74) is 20.0. The van der Waals surface area contributed by atoms with Gasteiger partial charge in [0.15, 0.2) is 0 Å². The maximum atomic E-state index is 6.71. The summed E-state index contributed by atoms with van der Waals surface area (Å²) in [5, 5.41) is 2.53. The fourth-order valence-corrected chi connectivity index (χ4v) is 11.6. The van der Waals surface area contributed by atoms with Gasteiger partial charge in [0.1, 0.15) is 11.9 Å². The predicted molar refractivity (Wildman–Crippen MR) is 265 cm³/mol. The van der Waals surface area contributed by atoms with E-state index < -0.39 is 0 Å². The van der Waals surface area contributed by atoms with E-state index in [1.54, 1.807) is 0 Å². The van der Waals surface area contributed by atoms with Gasteiger partial charge in [0.2, 0.25) is 0 Å². The van der Waals surface area contributed by atoms with Crippen LogP contribution in [0.5, 0.6) is 5.75 Å². The number of benzene rings is 9. The molecule has 3 aliphatic carbocycles. The number of anilines is 3. The van der Waals surface area contributed by atoms with Gasteiger partial charge in [-0.25, -0.2) is 0 Å². The second kappa shape index (κ2) is 14.2. The monoisotopic (exact) mass is 819 g/mol. The van der Waals surface area contributed by atoms with Crippen LogP contribution in [0.3, 0.4) is 0 Å². The van der Waals surface area contributed by atoms with Crippen LogP contribution in [0.4, 0.5) is 17.1 Å². The smallest absolute Gasteiger partial charge is 0.137 e. The molecule has 1 heterocycles. The molecule has 2 nitrogen and oxygen atoms in total. The molecule has 2 unspecified atom stereocenters. The molecule has 2 atom stereocenters. The number of ether oxygens (including phenoxy) is 1. The zero-order chi connectivity index (χ0) is 42.4. The van der Waals surface area contributed by atoms with Gasteiger partial charge in [0.05, 0.1) is 11.1 Å². The number of rotatable bonds is 6. The van der Waals surface area contributed by atoms with Gasteiger partial charge in [-0.3, -0.25) is 0 Å². The van der Waals surface area contributed by atoms with Gasteiger partial charge < -0.3 is 9.64 Å². The first kappa shape index (κ1) is 36.9. The lowest BCUT2D eigenvalue weighted by Gasteiger charge is -2.36. The number of nitrogens with zero attached hydrogens (tertiary/aromatic N) is 1. The van der Waals surface area contributed by atoms with Gasteiger partial charge in [0, 0.05) is 33.5 Å². The summed E-state index contributed by atoms with van der Waals surface area (Å²) < 4.78 is 6.71. The van der Waals surface area contributed by atoms with E-state index in [9.17, 15) is 0 Å². The molecule has 0 bridgehead atoms. The van der Waals surface area contributed by atoms with E-state index in [1.807, 2.05) is 0 Å². The molecular weight excluding hydrogens is 775 g/mol. The minimum absolute atomic E-state index is 0.0916. The fraction of sp³-hybridized carbons (Fsp3) is 0.0968. The van der Waals surface area contributed by atoms with E-state index >= 15 is 0 Å². The topological polar surface area (TPSA) is 12.5 Å². The van der Waals surface area contributed by atoms with E-state index in [4.69, 9.17) is 4.74 Å². The molecule has 0 saturated carbocycles. The quantitative estimate of drug-likeness (QED) is 0.166. The third-order valence-corrected chi connectivity index (χ3v) is 14.8. The Morgan fingerprint density at radius 3 is 1.86 bits per heavy atom. The molecule has 1 aliphatic heterocycles. The van der Waals surface area contributed by atoms with Crippen molar-refractivity contribution < 1.29 is 4.74 Å². The molecule has 0 amide bonds. The molecule has 0 aromatic heterocycles. The summed E-state index contributed by atoms with van der Waals surface area (Å²) in [6.07, 6.45) is 8.67. The first-order chi connectivity index (χ1) is 31.6. The summed E-state index contributed by atoms with van der Waals surface area (Å²) >= 11 is 0. The summed E-state index contributed by atoms with van der Waals surface area (Å²) in [7, 11) is 0. The summed E-state index contributed by atoms with van der Waals surface area (Å²) in [6.45, 7) is 2.31. The maximum Gasteiger partial charge on any atom is 0.137 e. The second-order valence-electron chi connectivity index (χ2n) is 18.2. The number of hydrogen-bond acceptors (Lipinski definition) is 2. The van der Waals surface area contributed by atoms with E-state index in [0.717, 1.165) is 30.0 Å². The van der Waals surface area contributed by atoms with Crippen LogP contribution in [0.15, 0.2) is 224 Å². The van der Waals surface area contributed by atoms with E-state index in [2.05, 4.69) is 236 Å². The van der Waals surface area contributed by atoms with Crippen LogP contribution in [-0.2, 0) is 23.7 Å². The molecule has 9 aromatic carbocycles.